The molecule has 0 aromatic heterocycles. The summed E-state index contributed by atoms with van der Waals surface area (Å²) in [5, 5.41) is 10.9. The summed E-state index contributed by atoms with van der Waals surface area (Å²) in [5.74, 6) is -0.650. The highest BCUT2D eigenvalue weighted by Gasteiger charge is 2.50. The molecule has 0 bridgehead atoms. The van der Waals surface area contributed by atoms with E-state index in [9.17, 15) is 14.7 Å². The van der Waals surface area contributed by atoms with Crippen molar-refractivity contribution in [2.24, 2.45) is 0 Å². The van der Waals surface area contributed by atoms with Gasteiger partial charge in [0.05, 0.1) is 5.69 Å². The van der Waals surface area contributed by atoms with Gasteiger partial charge in [0.2, 0.25) is 0 Å². The molecule has 0 spiro atoms. The minimum atomic E-state index is -1.78. The molecule has 5 heteroatoms. The van der Waals surface area contributed by atoms with Crippen LogP contribution in [-0.2, 0) is 21.6 Å². The number of carbonyl (C=O) groups is 2. The Kier molecular flexibility index (Phi) is 4.56. The number of carbonyl (C=O) groups excluding carboxylic acids is 2. The maximum Gasteiger partial charge on any atom is 0.264 e. The second-order valence-electron chi connectivity index (χ2n) is 6.09. The van der Waals surface area contributed by atoms with Gasteiger partial charge in [0.25, 0.3) is 5.91 Å². The van der Waals surface area contributed by atoms with Gasteiger partial charge in [-0.05, 0) is 37.1 Å². The molecule has 1 aliphatic rings. The number of hydrogen-bond acceptors (Lipinski definition) is 3. The van der Waals surface area contributed by atoms with Crippen LogP contribution in [0.1, 0.15) is 24.5 Å². The number of benzene rings is 2. The Morgan fingerprint density at radius 2 is 1.92 bits per heavy atom. The largest absolute Gasteiger partial charge is 0.375 e. The van der Waals surface area contributed by atoms with E-state index < -0.39 is 11.5 Å². The average molecular weight is 388 g/mol. The molecule has 2 aromatic carbocycles. The van der Waals surface area contributed by atoms with Gasteiger partial charge in [-0.1, -0.05) is 46.3 Å². The van der Waals surface area contributed by atoms with Gasteiger partial charge in [0, 0.05) is 23.0 Å². The van der Waals surface area contributed by atoms with Crippen molar-refractivity contribution in [1.29, 1.82) is 0 Å². The summed E-state index contributed by atoms with van der Waals surface area (Å²) in [4.78, 5) is 26.0. The Morgan fingerprint density at radius 3 is 2.58 bits per heavy atom. The molecule has 0 aliphatic carbocycles. The molecule has 24 heavy (non-hydrogen) atoms. The van der Waals surface area contributed by atoms with Crippen LogP contribution >= 0.6 is 15.9 Å². The lowest BCUT2D eigenvalue weighted by Gasteiger charge is -2.22. The van der Waals surface area contributed by atoms with Crippen LogP contribution in [0.4, 0.5) is 5.69 Å². The van der Waals surface area contributed by atoms with E-state index in [1.54, 1.807) is 17.0 Å². The van der Waals surface area contributed by atoms with Gasteiger partial charge in [-0.15, -0.1) is 0 Å². The summed E-state index contributed by atoms with van der Waals surface area (Å²) in [5.41, 5.74) is 0.501. The first-order valence-electron chi connectivity index (χ1n) is 7.79. The maximum atomic E-state index is 12.9. The zero-order chi connectivity index (χ0) is 17.3. The quantitative estimate of drug-likeness (QED) is 0.856. The minimum absolute atomic E-state index is 0.211. The Balaban J connectivity index is 1.94. The third-order valence-corrected chi connectivity index (χ3v) is 4.76. The van der Waals surface area contributed by atoms with Crippen molar-refractivity contribution >= 4 is 33.3 Å². The summed E-state index contributed by atoms with van der Waals surface area (Å²) < 4.78 is 0.765. The molecular weight excluding hydrogens is 370 g/mol. The Bertz CT molecular complexity index is 790. The van der Waals surface area contributed by atoms with Crippen LogP contribution < -0.4 is 4.90 Å². The lowest BCUT2D eigenvalue weighted by atomic mass is 9.90. The van der Waals surface area contributed by atoms with Crippen LogP contribution in [0.5, 0.6) is 0 Å². The molecule has 2 aromatic rings. The van der Waals surface area contributed by atoms with E-state index in [4.69, 9.17) is 0 Å². The fourth-order valence-electron chi connectivity index (χ4n) is 3.16. The second kappa shape index (κ2) is 6.49. The molecule has 0 unspecified atom stereocenters. The topological polar surface area (TPSA) is 57.6 Å². The molecule has 0 radical (unpaired) electrons. The highest BCUT2D eigenvalue weighted by atomic mass is 79.9. The van der Waals surface area contributed by atoms with Crippen molar-refractivity contribution in [3.05, 3.63) is 64.1 Å². The lowest BCUT2D eigenvalue weighted by Crippen LogP contribution is -2.42. The van der Waals surface area contributed by atoms with E-state index in [0.29, 0.717) is 24.2 Å². The van der Waals surface area contributed by atoms with Gasteiger partial charge >= 0.3 is 0 Å². The van der Waals surface area contributed by atoms with E-state index >= 15 is 0 Å². The number of fused-ring (bicyclic) bond motifs is 1. The van der Waals surface area contributed by atoms with Crippen molar-refractivity contribution in [2.75, 3.05) is 11.4 Å². The number of Topliss-reactive ketones (excluding diaryl/α,β-unsaturated/α-hetero) is 1. The molecule has 124 valence electrons. The van der Waals surface area contributed by atoms with Crippen LogP contribution in [0.25, 0.3) is 0 Å². The molecule has 1 heterocycles. The zero-order valence-corrected chi connectivity index (χ0v) is 14.9. The molecule has 4 nitrogen and oxygen atoms in total. The molecule has 1 aliphatic heterocycles. The molecule has 0 saturated heterocycles. The Hall–Kier alpha value is -1.98. The Labute approximate surface area is 149 Å². The summed E-state index contributed by atoms with van der Waals surface area (Å²) in [6.07, 6.45) is 0.468. The SMILES string of the molecule is CC(=O)C[C@@]1(O)C(=O)N(CCc2ccccc2)c2ccc(Br)cc21. The van der Waals surface area contributed by atoms with Gasteiger partial charge in [0.1, 0.15) is 5.78 Å². The van der Waals surface area contributed by atoms with Gasteiger partial charge in [-0.2, -0.15) is 0 Å². The van der Waals surface area contributed by atoms with Gasteiger partial charge in [-0.25, -0.2) is 0 Å². The molecule has 1 atom stereocenters. The van der Waals surface area contributed by atoms with Crippen LogP contribution in [0.3, 0.4) is 0 Å². The normalized spacial score (nSPS) is 19.5. The van der Waals surface area contributed by atoms with Crippen molar-refractivity contribution in [3.63, 3.8) is 0 Å². The first kappa shape index (κ1) is 16.9. The van der Waals surface area contributed by atoms with E-state index in [2.05, 4.69) is 15.9 Å². The number of aliphatic hydroxyl groups is 1. The van der Waals surface area contributed by atoms with Crippen LogP contribution in [0.2, 0.25) is 0 Å². The zero-order valence-electron chi connectivity index (χ0n) is 13.3. The third-order valence-electron chi connectivity index (χ3n) is 4.27. The smallest absolute Gasteiger partial charge is 0.264 e. The van der Waals surface area contributed by atoms with Gasteiger partial charge < -0.3 is 10.0 Å². The predicted molar refractivity (Wildman–Crippen MR) is 95.8 cm³/mol. The number of amides is 1. The fraction of sp³-hybridized carbons (Fsp3) is 0.263. The molecule has 0 saturated carbocycles. The van der Waals surface area contributed by atoms with E-state index in [0.717, 1.165) is 10.0 Å². The lowest BCUT2D eigenvalue weighted by molar-refractivity contribution is -0.141. The molecule has 1 amide bonds. The second-order valence-corrected chi connectivity index (χ2v) is 7.01. The summed E-state index contributed by atoms with van der Waals surface area (Å²) in [6, 6.07) is 15.2. The van der Waals surface area contributed by atoms with Gasteiger partial charge in [0.15, 0.2) is 5.60 Å². The molecular formula is C19H18BrNO3. The number of nitrogens with zero attached hydrogens (tertiary/aromatic N) is 1. The number of anilines is 1. The van der Waals surface area contributed by atoms with Crippen molar-refractivity contribution in [2.45, 2.75) is 25.4 Å². The van der Waals surface area contributed by atoms with Crippen molar-refractivity contribution in [1.82, 2.24) is 0 Å². The number of ketones is 1. The maximum absolute atomic E-state index is 12.9. The molecule has 1 N–H and O–H groups in total. The number of hydrogen-bond donors (Lipinski definition) is 1. The standard InChI is InChI=1S/C19H18BrNO3/c1-13(22)12-19(24)16-11-15(20)7-8-17(16)21(18(19)23)10-9-14-5-3-2-4-6-14/h2-8,11,24H,9-10,12H2,1H3/t19-/m0/s1. The molecule has 0 fully saturated rings. The first-order chi connectivity index (χ1) is 11.4. The summed E-state index contributed by atoms with van der Waals surface area (Å²) in [6.45, 7) is 1.84. The van der Waals surface area contributed by atoms with E-state index in [1.165, 1.54) is 6.92 Å². The Morgan fingerprint density at radius 1 is 1.21 bits per heavy atom. The van der Waals surface area contributed by atoms with Crippen LogP contribution in [0.15, 0.2) is 53.0 Å². The molecule has 3 rings (SSSR count). The van der Waals surface area contributed by atoms with E-state index in [-0.39, 0.29) is 12.2 Å². The fourth-order valence-corrected chi connectivity index (χ4v) is 3.52. The summed E-state index contributed by atoms with van der Waals surface area (Å²) >= 11 is 3.37. The average Bonchev–Trinajstić information content (AvgIpc) is 2.74. The third kappa shape index (κ3) is 3.01. The van der Waals surface area contributed by atoms with E-state index in [1.807, 2.05) is 36.4 Å². The summed E-state index contributed by atoms with van der Waals surface area (Å²) in [7, 11) is 0. The highest BCUT2D eigenvalue weighted by Crippen LogP contribution is 2.43. The van der Waals surface area contributed by atoms with Crippen molar-refractivity contribution < 1.29 is 14.7 Å². The number of rotatable bonds is 5. The first-order valence-corrected chi connectivity index (χ1v) is 8.59. The highest BCUT2D eigenvalue weighted by molar-refractivity contribution is 9.10. The predicted octanol–water partition coefficient (Wildman–Crippen LogP) is 3.21. The van der Waals surface area contributed by atoms with Crippen LogP contribution in [-0.4, -0.2) is 23.3 Å². The monoisotopic (exact) mass is 387 g/mol. The van der Waals surface area contributed by atoms with Crippen molar-refractivity contribution in [3.8, 4) is 0 Å². The number of halogens is 1. The van der Waals surface area contributed by atoms with Crippen LogP contribution in [0, 0.1) is 0 Å². The minimum Gasteiger partial charge on any atom is -0.375 e. The van der Waals surface area contributed by atoms with Gasteiger partial charge in [-0.3, -0.25) is 9.59 Å².